The Hall–Kier alpha value is -3.52. The van der Waals surface area contributed by atoms with E-state index < -0.39 is 0 Å². The predicted molar refractivity (Wildman–Crippen MR) is 118 cm³/mol. The molecule has 30 heavy (non-hydrogen) atoms. The quantitative estimate of drug-likeness (QED) is 0.460. The number of fused-ring (bicyclic) bond motifs is 2. The number of urea groups is 1. The lowest BCUT2D eigenvalue weighted by Crippen LogP contribution is -2.40. The molecule has 4 heterocycles. The summed E-state index contributed by atoms with van der Waals surface area (Å²) < 4.78 is 1.96. The van der Waals surface area contributed by atoms with Gasteiger partial charge in [-0.05, 0) is 24.1 Å². The number of anilines is 1. The number of hydrogen-bond donors (Lipinski definition) is 3. The molecule has 0 unspecified atom stereocenters. The van der Waals surface area contributed by atoms with Gasteiger partial charge in [0, 0.05) is 37.9 Å². The Bertz CT molecular complexity index is 1320. The van der Waals surface area contributed by atoms with Gasteiger partial charge in [-0.3, -0.25) is 4.40 Å². The number of para-hydroxylation sites is 1. The van der Waals surface area contributed by atoms with Crippen LogP contribution in [0.5, 0.6) is 0 Å². The van der Waals surface area contributed by atoms with Crippen LogP contribution in [-0.2, 0) is 0 Å². The first kappa shape index (κ1) is 18.5. The van der Waals surface area contributed by atoms with Gasteiger partial charge in [-0.1, -0.05) is 29.8 Å². The summed E-state index contributed by atoms with van der Waals surface area (Å²) in [7, 11) is 1.64. The third kappa shape index (κ3) is 2.88. The van der Waals surface area contributed by atoms with Gasteiger partial charge in [-0.25, -0.2) is 14.8 Å². The van der Waals surface area contributed by atoms with Crippen LogP contribution in [0.1, 0.15) is 12.2 Å². The maximum Gasteiger partial charge on any atom is 0.317 e. The molecule has 4 N–H and O–H groups in total. The molecule has 8 nitrogen and oxygen atoms in total. The highest BCUT2D eigenvalue weighted by molar-refractivity contribution is 6.35. The standard InChI is InChI=1S/C21H20ClN7O/c1-24-21(30)28-8-5-12(6-9-28)20-27-17(18-19(23)25-7-10-29(18)20)15-11-13-3-2-4-14(22)16(13)26-15/h2-5,7,10-11,26H,6,8-9H2,1H3,(H2,23,25)(H,24,30). The van der Waals surface area contributed by atoms with Crippen LogP contribution in [0.4, 0.5) is 10.6 Å². The van der Waals surface area contributed by atoms with Crippen LogP contribution < -0.4 is 11.1 Å². The van der Waals surface area contributed by atoms with E-state index in [1.807, 2.05) is 40.9 Å². The van der Waals surface area contributed by atoms with E-state index in [1.165, 1.54) is 0 Å². The van der Waals surface area contributed by atoms with E-state index in [4.69, 9.17) is 22.3 Å². The molecule has 0 radical (unpaired) electrons. The van der Waals surface area contributed by atoms with Crippen LogP contribution >= 0.6 is 11.6 Å². The van der Waals surface area contributed by atoms with Crippen LogP contribution in [-0.4, -0.2) is 50.4 Å². The molecule has 5 rings (SSSR count). The minimum Gasteiger partial charge on any atom is -0.382 e. The number of nitrogen functional groups attached to an aromatic ring is 1. The molecule has 1 aliphatic rings. The van der Waals surface area contributed by atoms with E-state index in [1.54, 1.807) is 18.1 Å². The largest absolute Gasteiger partial charge is 0.382 e. The molecule has 0 bridgehead atoms. The average molecular weight is 422 g/mol. The van der Waals surface area contributed by atoms with Gasteiger partial charge in [0.25, 0.3) is 0 Å². The lowest BCUT2D eigenvalue weighted by Gasteiger charge is -2.25. The molecule has 3 aromatic heterocycles. The van der Waals surface area contributed by atoms with Gasteiger partial charge in [0.2, 0.25) is 0 Å². The van der Waals surface area contributed by atoms with Crippen molar-refractivity contribution in [1.82, 2.24) is 29.6 Å². The monoisotopic (exact) mass is 421 g/mol. The Balaban J connectivity index is 1.65. The number of imidazole rings is 1. The first-order valence-electron chi connectivity index (χ1n) is 9.63. The number of aromatic amines is 1. The number of rotatable bonds is 2. The third-order valence-corrected chi connectivity index (χ3v) is 5.76. The Morgan fingerprint density at radius 1 is 1.37 bits per heavy atom. The molecule has 152 valence electrons. The molecule has 0 atom stereocenters. The van der Waals surface area contributed by atoms with Crippen molar-refractivity contribution < 1.29 is 4.79 Å². The van der Waals surface area contributed by atoms with Crippen molar-refractivity contribution in [1.29, 1.82) is 0 Å². The second-order valence-corrected chi connectivity index (χ2v) is 7.59. The van der Waals surface area contributed by atoms with Gasteiger partial charge in [0.05, 0.1) is 16.2 Å². The Kier molecular flexibility index (Phi) is 4.36. The van der Waals surface area contributed by atoms with E-state index in [0.717, 1.165) is 39.2 Å². The predicted octanol–water partition coefficient (Wildman–Crippen LogP) is 3.54. The number of halogens is 1. The highest BCUT2D eigenvalue weighted by Gasteiger charge is 2.23. The molecule has 2 amide bonds. The van der Waals surface area contributed by atoms with E-state index in [-0.39, 0.29) is 6.03 Å². The number of nitrogens with two attached hydrogens (primary N) is 1. The fourth-order valence-electron chi connectivity index (χ4n) is 3.94. The van der Waals surface area contributed by atoms with Gasteiger partial charge in [0.1, 0.15) is 22.9 Å². The third-order valence-electron chi connectivity index (χ3n) is 5.44. The number of amides is 2. The number of nitrogens with zero attached hydrogens (tertiary/aromatic N) is 4. The number of aromatic nitrogens is 4. The molecule has 4 aromatic rings. The summed E-state index contributed by atoms with van der Waals surface area (Å²) >= 11 is 6.35. The van der Waals surface area contributed by atoms with Crippen molar-refractivity contribution in [2.75, 3.05) is 25.9 Å². The van der Waals surface area contributed by atoms with E-state index in [0.29, 0.717) is 30.4 Å². The van der Waals surface area contributed by atoms with Crippen molar-refractivity contribution in [3.8, 4) is 11.4 Å². The van der Waals surface area contributed by atoms with Crippen molar-refractivity contribution in [3.05, 3.63) is 53.6 Å². The molecule has 1 aliphatic heterocycles. The molecule has 0 fully saturated rings. The van der Waals surface area contributed by atoms with Crippen molar-refractivity contribution in [2.24, 2.45) is 0 Å². The lowest BCUT2D eigenvalue weighted by molar-refractivity contribution is 0.205. The maximum absolute atomic E-state index is 11.9. The molecular weight excluding hydrogens is 402 g/mol. The lowest BCUT2D eigenvalue weighted by atomic mass is 10.1. The van der Waals surface area contributed by atoms with Crippen molar-refractivity contribution >= 4 is 45.4 Å². The second kappa shape index (κ2) is 7.07. The van der Waals surface area contributed by atoms with Crippen LogP contribution in [0, 0.1) is 0 Å². The van der Waals surface area contributed by atoms with Gasteiger partial charge in [-0.15, -0.1) is 0 Å². The molecule has 0 aliphatic carbocycles. The number of hydrogen-bond acceptors (Lipinski definition) is 4. The topological polar surface area (TPSA) is 104 Å². The van der Waals surface area contributed by atoms with Crippen LogP contribution in [0.2, 0.25) is 5.02 Å². The SMILES string of the molecule is CNC(=O)N1CC=C(c2nc(-c3cc4cccc(Cl)c4[nH]3)c3c(N)nccn23)CC1. The number of nitrogens with one attached hydrogen (secondary N) is 2. The van der Waals surface area contributed by atoms with Crippen LogP contribution in [0.25, 0.3) is 33.4 Å². The van der Waals surface area contributed by atoms with Crippen LogP contribution in [0.15, 0.2) is 42.7 Å². The highest BCUT2D eigenvalue weighted by atomic mass is 35.5. The minimum atomic E-state index is -0.0811. The van der Waals surface area contributed by atoms with Crippen molar-refractivity contribution in [2.45, 2.75) is 6.42 Å². The number of carbonyl (C=O) groups excluding carboxylic acids is 1. The number of benzene rings is 1. The zero-order valence-electron chi connectivity index (χ0n) is 16.3. The van der Waals surface area contributed by atoms with E-state index in [2.05, 4.69) is 15.3 Å². The molecule has 1 aromatic carbocycles. The summed E-state index contributed by atoms with van der Waals surface area (Å²) in [5.41, 5.74) is 10.5. The number of H-pyrrole nitrogens is 1. The summed E-state index contributed by atoms with van der Waals surface area (Å²) in [6, 6.07) is 7.70. The molecule has 9 heteroatoms. The van der Waals surface area contributed by atoms with E-state index in [9.17, 15) is 4.79 Å². The smallest absolute Gasteiger partial charge is 0.317 e. The minimum absolute atomic E-state index is 0.0811. The zero-order chi connectivity index (χ0) is 20.8. The fraction of sp³-hybridized carbons (Fsp3) is 0.190. The van der Waals surface area contributed by atoms with Gasteiger partial charge >= 0.3 is 6.03 Å². The van der Waals surface area contributed by atoms with Gasteiger partial charge in [-0.2, -0.15) is 0 Å². The maximum atomic E-state index is 11.9. The van der Waals surface area contributed by atoms with Crippen molar-refractivity contribution in [3.63, 3.8) is 0 Å². The fourth-order valence-corrected chi connectivity index (χ4v) is 4.17. The first-order chi connectivity index (χ1) is 14.6. The Morgan fingerprint density at radius 2 is 2.23 bits per heavy atom. The summed E-state index contributed by atoms with van der Waals surface area (Å²) in [5, 5.41) is 4.32. The molecule has 0 saturated carbocycles. The highest BCUT2D eigenvalue weighted by Crippen LogP contribution is 2.34. The van der Waals surface area contributed by atoms with Gasteiger partial charge in [0.15, 0.2) is 0 Å². The normalized spacial score (nSPS) is 14.3. The summed E-state index contributed by atoms with van der Waals surface area (Å²) in [5.74, 6) is 1.20. The number of carbonyl (C=O) groups is 1. The second-order valence-electron chi connectivity index (χ2n) is 7.18. The van der Waals surface area contributed by atoms with Crippen LogP contribution in [0.3, 0.4) is 0 Å². The summed E-state index contributed by atoms with van der Waals surface area (Å²) in [4.78, 5) is 26.2. The summed E-state index contributed by atoms with van der Waals surface area (Å²) in [6.07, 6.45) is 6.27. The first-order valence-corrected chi connectivity index (χ1v) is 10.0. The zero-order valence-corrected chi connectivity index (χ0v) is 17.1. The van der Waals surface area contributed by atoms with Gasteiger partial charge < -0.3 is 20.9 Å². The Labute approximate surface area is 177 Å². The summed E-state index contributed by atoms with van der Waals surface area (Å²) in [6.45, 7) is 1.15. The average Bonchev–Trinajstić information content (AvgIpc) is 3.37. The Morgan fingerprint density at radius 3 is 2.97 bits per heavy atom. The molecule has 0 saturated heterocycles. The van der Waals surface area contributed by atoms with E-state index >= 15 is 0 Å². The molecule has 0 spiro atoms. The molecular formula is C21H20ClN7O.